The zero-order valence-corrected chi connectivity index (χ0v) is 23.5. The van der Waals surface area contributed by atoms with Gasteiger partial charge in [0, 0.05) is 12.2 Å². The third kappa shape index (κ3) is 7.47. The van der Waals surface area contributed by atoms with Crippen molar-refractivity contribution >= 4 is 5.97 Å². The van der Waals surface area contributed by atoms with E-state index in [9.17, 15) is 13.6 Å². The Morgan fingerprint density at radius 3 is 2.12 bits per heavy atom. The van der Waals surface area contributed by atoms with Crippen molar-refractivity contribution < 1.29 is 36.6 Å². The van der Waals surface area contributed by atoms with Crippen LogP contribution in [0.15, 0.2) is 48.5 Å². The van der Waals surface area contributed by atoms with E-state index in [1.807, 2.05) is 6.92 Å². The van der Waals surface area contributed by atoms with Gasteiger partial charge in [-0.05, 0) is 79.8 Å². The summed E-state index contributed by atoms with van der Waals surface area (Å²) in [5.74, 6) is -5.82. The molecule has 0 aromatic heterocycles. The molecule has 0 aliphatic heterocycles. The van der Waals surface area contributed by atoms with Crippen LogP contribution in [0, 0.1) is 23.3 Å². The van der Waals surface area contributed by atoms with Gasteiger partial charge in [0.05, 0.1) is 18.3 Å². The number of carbonyl (C=O) groups excluding carboxylic acids is 1. The molecule has 0 atom stereocenters. The Labute approximate surface area is 238 Å². The summed E-state index contributed by atoms with van der Waals surface area (Å²) in [5.41, 5.74) is 0.249. The molecule has 1 aliphatic rings. The monoisotopic (exact) mass is 572 g/mol. The van der Waals surface area contributed by atoms with Crippen molar-refractivity contribution in [3.63, 3.8) is 0 Å². The van der Waals surface area contributed by atoms with E-state index >= 15 is 8.78 Å². The smallest absolute Gasteiger partial charge is 0.346 e. The number of benzene rings is 3. The molecule has 1 aliphatic carbocycles. The number of ether oxygens (including phenoxy) is 3. The molecule has 8 heteroatoms. The van der Waals surface area contributed by atoms with Crippen molar-refractivity contribution in [1.29, 1.82) is 0 Å². The second-order valence-electron chi connectivity index (χ2n) is 10.4. The lowest BCUT2D eigenvalue weighted by molar-refractivity contribution is 0.0230. The molecule has 220 valence electrons. The van der Waals surface area contributed by atoms with Gasteiger partial charge in [-0.3, -0.25) is 0 Å². The van der Waals surface area contributed by atoms with Crippen molar-refractivity contribution in [2.75, 3.05) is 13.2 Å². The quantitative estimate of drug-likeness (QED) is 0.0940. The predicted molar refractivity (Wildman–Crippen MR) is 149 cm³/mol. The topological polar surface area (TPSA) is 44.8 Å². The maximum absolute atomic E-state index is 15.2. The van der Waals surface area contributed by atoms with E-state index in [0.29, 0.717) is 17.5 Å². The highest BCUT2D eigenvalue weighted by molar-refractivity contribution is 5.91. The molecule has 4 rings (SSSR count). The molecule has 0 saturated heterocycles. The van der Waals surface area contributed by atoms with Gasteiger partial charge in [-0.15, -0.1) is 0 Å². The molecule has 0 unspecified atom stereocenters. The van der Waals surface area contributed by atoms with E-state index < -0.39 is 34.8 Å². The van der Waals surface area contributed by atoms with E-state index in [2.05, 4.69) is 6.92 Å². The van der Waals surface area contributed by atoms with Gasteiger partial charge >= 0.3 is 5.97 Å². The molecule has 0 bridgehead atoms. The summed E-state index contributed by atoms with van der Waals surface area (Å²) in [6.07, 6.45) is 6.91. The van der Waals surface area contributed by atoms with Gasteiger partial charge in [-0.25, -0.2) is 18.0 Å². The van der Waals surface area contributed by atoms with Crippen LogP contribution in [0.25, 0.3) is 11.1 Å². The van der Waals surface area contributed by atoms with Crippen molar-refractivity contribution in [2.24, 2.45) is 0 Å². The number of rotatable bonds is 12. The van der Waals surface area contributed by atoms with Crippen LogP contribution in [-0.4, -0.2) is 25.3 Å². The molecular weight excluding hydrogens is 536 g/mol. The minimum Gasteiger partial charge on any atom is -0.490 e. The van der Waals surface area contributed by atoms with Crippen LogP contribution in [0.4, 0.5) is 17.6 Å². The largest absolute Gasteiger partial charge is 0.490 e. The zero-order valence-electron chi connectivity index (χ0n) is 23.5. The molecule has 3 aromatic rings. The first-order chi connectivity index (χ1) is 19.8. The second kappa shape index (κ2) is 14.5. The Balaban J connectivity index is 1.40. The lowest BCUT2D eigenvalue weighted by Gasteiger charge is -2.29. The van der Waals surface area contributed by atoms with E-state index in [4.69, 9.17) is 14.2 Å². The SMILES string of the molecule is CCCCOc1ccc(C(=O)Oc2ccc(-c3ccc(C4CCC(OCCCC)CC4)c(F)c3F)cc2)c(F)c1F. The third-order valence-electron chi connectivity index (χ3n) is 7.48. The molecule has 0 N–H and O–H groups in total. The lowest BCUT2D eigenvalue weighted by atomic mass is 9.82. The minimum absolute atomic E-state index is 0.0391. The Hall–Kier alpha value is -3.39. The Morgan fingerprint density at radius 2 is 1.44 bits per heavy atom. The Bertz CT molecular complexity index is 1320. The number of carbonyl (C=O) groups is 1. The fourth-order valence-corrected chi connectivity index (χ4v) is 5.03. The first-order valence-corrected chi connectivity index (χ1v) is 14.4. The number of hydrogen-bond donors (Lipinski definition) is 0. The number of esters is 1. The van der Waals surface area contributed by atoms with Gasteiger partial charge in [-0.2, -0.15) is 4.39 Å². The summed E-state index contributed by atoms with van der Waals surface area (Å²) >= 11 is 0. The molecule has 1 fully saturated rings. The van der Waals surface area contributed by atoms with Crippen molar-refractivity contribution in [3.05, 3.63) is 82.9 Å². The van der Waals surface area contributed by atoms with E-state index in [0.717, 1.165) is 57.6 Å². The van der Waals surface area contributed by atoms with Crippen molar-refractivity contribution in [2.45, 2.75) is 77.2 Å². The van der Waals surface area contributed by atoms with Crippen LogP contribution in [0.3, 0.4) is 0 Å². The summed E-state index contributed by atoms with van der Waals surface area (Å²) in [5, 5.41) is 0. The third-order valence-corrected chi connectivity index (χ3v) is 7.48. The van der Waals surface area contributed by atoms with Gasteiger partial charge in [0.2, 0.25) is 5.82 Å². The maximum atomic E-state index is 15.2. The minimum atomic E-state index is -1.37. The molecule has 0 radical (unpaired) electrons. The summed E-state index contributed by atoms with van der Waals surface area (Å²) < 4.78 is 75.5. The van der Waals surface area contributed by atoms with Crippen LogP contribution in [0.1, 0.15) is 87.1 Å². The number of hydrogen-bond acceptors (Lipinski definition) is 4. The highest BCUT2D eigenvalue weighted by atomic mass is 19.2. The highest BCUT2D eigenvalue weighted by Crippen LogP contribution is 2.38. The molecule has 1 saturated carbocycles. The fraction of sp³-hybridized carbons (Fsp3) is 0.424. The van der Waals surface area contributed by atoms with Crippen LogP contribution in [-0.2, 0) is 4.74 Å². The average Bonchev–Trinajstić information content (AvgIpc) is 2.98. The molecule has 0 amide bonds. The zero-order chi connectivity index (χ0) is 29.4. The second-order valence-corrected chi connectivity index (χ2v) is 10.4. The van der Waals surface area contributed by atoms with Crippen molar-refractivity contribution in [1.82, 2.24) is 0 Å². The summed E-state index contributed by atoms with van der Waals surface area (Å²) in [6.45, 7) is 5.01. The fourth-order valence-electron chi connectivity index (χ4n) is 5.03. The average molecular weight is 573 g/mol. The van der Waals surface area contributed by atoms with E-state index in [1.165, 1.54) is 30.3 Å². The van der Waals surface area contributed by atoms with Crippen molar-refractivity contribution in [3.8, 4) is 22.6 Å². The Morgan fingerprint density at radius 1 is 0.756 bits per heavy atom. The summed E-state index contributed by atoms with van der Waals surface area (Å²) in [6, 6.07) is 11.2. The highest BCUT2D eigenvalue weighted by Gasteiger charge is 2.27. The number of halogens is 4. The Kier molecular flexibility index (Phi) is 10.8. The molecule has 41 heavy (non-hydrogen) atoms. The maximum Gasteiger partial charge on any atom is 0.346 e. The molecule has 0 spiro atoms. The van der Waals surface area contributed by atoms with Gasteiger partial charge in [0.15, 0.2) is 23.2 Å². The van der Waals surface area contributed by atoms with E-state index in [1.54, 1.807) is 12.1 Å². The standard InChI is InChI=1S/C33H36F4O4/c1-3-5-19-39-23-11-7-21(8-12-23)25-15-16-26(30(35)29(25)34)22-9-13-24(14-10-22)41-33(38)27-17-18-28(32(37)31(27)36)40-20-6-4-2/h9-10,13-18,21,23H,3-8,11-12,19-20H2,1-2H3. The van der Waals surface area contributed by atoms with Gasteiger partial charge in [0.1, 0.15) is 5.75 Å². The summed E-state index contributed by atoms with van der Waals surface area (Å²) in [4.78, 5) is 12.5. The molecule has 0 heterocycles. The van der Waals surface area contributed by atoms with Crippen LogP contribution in [0.2, 0.25) is 0 Å². The first-order valence-electron chi connectivity index (χ1n) is 14.4. The number of unbranched alkanes of at least 4 members (excludes halogenated alkanes) is 2. The van der Waals surface area contributed by atoms with E-state index in [-0.39, 0.29) is 35.7 Å². The lowest BCUT2D eigenvalue weighted by Crippen LogP contribution is -2.22. The first kappa shape index (κ1) is 30.6. The van der Waals surface area contributed by atoms with Gasteiger partial charge in [-0.1, -0.05) is 51.0 Å². The van der Waals surface area contributed by atoms with Crippen LogP contribution < -0.4 is 9.47 Å². The normalized spacial score (nSPS) is 16.9. The van der Waals surface area contributed by atoms with Crippen LogP contribution >= 0.6 is 0 Å². The molecule has 3 aromatic carbocycles. The van der Waals surface area contributed by atoms with Crippen LogP contribution in [0.5, 0.6) is 11.5 Å². The van der Waals surface area contributed by atoms with Gasteiger partial charge < -0.3 is 14.2 Å². The van der Waals surface area contributed by atoms with Gasteiger partial charge in [0.25, 0.3) is 0 Å². The predicted octanol–water partition coefficient (Wildman–Crippen LogP) is 9.15. The summed E-state index contributed by atoms with van der Waals surface area (Å²) in [7, 11) is 0. The molecular formula is C33H36F4O4. The molecule has 4 nitrogen and oxygen atoms in total.